The lowest BCUT2D eigenvalue weighted by atomic mass is 9.76. The smallest absolute Gasteiger partial charge is 0.300 e. The number of aromatic nitrogens is 2. The predicted molar refractivity (Wildman–Crippen MR) is 107 cm³/mol. The van der Waals surface area contributed by atoms with Crippen LogP contribution in [0.15, 0.2) is 63.7 Å². The fourth-order valence-corrected chi connectivity index (χ4v) is 4.58. The summed E-state index contributed by atoms with van der Waals surface area (Å²) in [6.07, 6.45) is 0.326. The topological polar surface area (TPSA) is 61.1 Å². The lowest BCUT2D eigenvalue weighted by Crippen LogP contribution is -2.43. The number of nitrogens with zero attached hydrogens (tertiary/aromatic N) is 2. The van der Waals surface area contributed by atoms with Gasteiger partial charge in [-0.1, -0.05) is 36.4 Å². The normalized spacial score (nSPS) is 17.2. The Bertz CT molecular complexity index is 1360. The molecule has 0 bridgehead atoms. The van der Waals surface area contributed by atoms with Crippen molar-refractivity contribution in [1.82, 2.24) is 9.13 Å². The quantitative estimate of drug-likeness (QED) is 0.644. The van der Waals surface area contributed by atoms with Gasteiger partial charge in [-0.3, -0.25) is 18.7 Å². The minimum Gasteiger partial charge on any atom is -0.300 e. The monoisotopic (exact) mass is 388 g/mol. The molecule has 0 saturated carbocycles. The Morgan fingerprint density at radius 2 is 1.55 bits per heavy atom. The van der Waals surface area contributed by atoms with Crippen LogP contribution in [0.5, 0.6) is 0 Å². The Hall–Kier alpha value is -3.54. The molecule has 0 saturated heterocycles. The van der Waals surface area contributed by atoms with Gasteiger partial charge in [0.1, 0.15) is 5.82 Å². The molecule has 2 aliphatic carbocycles. The second-order valence-corrected chi connectivity index (χ2v) is 7.49. The Morgan fingerprint density at radius 3 is 2.24 bits per heavy atom. The highest BCUT2D eigenvalue weighted by molar-refractivity contribution is 6.22. The van der Waals surface area contributed by atoms with Crippen molar-refractivity contribution in [3.63, 3.8) is 0 Å². The van der Waals surface area contributed by atoms with Gasteiger partial charge in [0.25, 0.3) is 5.56 Å². The number of rotatable bonds is 1. The van der Waals surface area contributed by atoms with Crippen molar-refractivity contribution in [1.29, 1.82) is 0 Å². The van der Waals surface area contributed by atoms with E-state index >= 15 is 0 Å². The number of fused-ring (bicyclic) bond motifs is 3. The number of hydrogen-bond donors (Lipinski definition) is 0. The molecule has 5 nitrogen and oxygen atoms in total. The van der Waals surface area contributed by atoms with E-state index in [2.05, 4.69) is 0 Å². The number of Topliss-reactive ketones (excluding diaryl/α,β-unsaturated/α-hetero) is 1. The zero-order valence-corrected chi connectivity index (χ0v) is 15.9. The molecule has 1 atom stereocenters. The molecule has 0 spiro atoms. The van der Waals surface area contributed by atoms with Crippen molar-refractivity contribution in [2.45, 2.75) is 12.3 Å². The van der Waals surface area contributed by atoms with E-state index in [9.17, 15) is 18.8 Å². The number of halogens is 1. The summed E-state index contributed by atoms with van der Waals surface area (Å²) in [6.45, 7) is 0. The fraction of sp³-hybridized carbons (Fsp3) is 0.174. The molecular weight excluding hydrogens is 371 g/mol. The molecule has 29 heavy (non-hydrogen) atoms. The molecule has 144 valence electrons. The van der Waals surface area contributed by atoms with Crippen LogP contribution in [0.2, 0.25) is 0 Å². The van der Waals surface area contributed by atoms with Crippen LogP contribution in [0.3, 0.4) is 0 Å². The molecule has 0 aliphatic heterocycles. The SMILES string of the molecule is Cn1c2c(c(=O)n(C)c1=O)C(c1ccc(F)cc1)C1=C(C2)c2ccccc2C1=O. The van der Waals surface area contributed by atoms with Gasteiger partial charge in [0.15, 0.2) is 5.78 Å². The first-order valence-electron chi connectivity index (χ1n) is 9.31. The van der Waals surface area contributed by atoms with Gasteiger partial charge in [-0.2, -0.15) is 0 Å². The summed E-state index contributed by atoms with van der Waals surface area (Å²) in [4.78, 5) is 39.0. The molecule has 2 aliphatic rings. The summed E-state index contributed by atoms with van der Waals surface area (Å²) in [6, 6.07) is 13.2. The highest BCUT2D eigenvalue weighted by Crippen LogP contribution is 2.47. The van der Waals surface area contributed by atoms with Gasteiger partial charge in [0.05, 0.1) is 0 Å². The van der Waals surface area contributed by atoms with Gasteiger partial charge in [0.2, 0.25) is 0 Å². The molecule has 6 heteroatoms. The van der Waals surface area contributed by atoms with Crippen molar-refractivity contribution in [3.8, 4) is 0 Å². The molecule has 0 radical (unpaired) electrons. The van der Waals surface area contributed by atoms with Crippen LogP contribution in [-0.2, 0) is 20.5 Å². The fourth-order valence-electron chi connectivity index (χ4n) is 4.58. The van der Waals surface area contributed by atoms with Crippen LogP contribution < -0.4 is 11.2 Å². The molecule has 0 amide bonds. The van der Waals surface area contributed by atoms with Crippen LogP contribution in [-0.4, -0.2) is 14.9 Å². The first-order chi connectivity index (χ1) is 13.9. The van der Waals surface area contributed by atoms with E-state index in [4.69, 9.17) is 0 Å². The number of carbonyl (C=O) groups is 1. The summed E-state index contributed by atoms with van der Waals surface area (Å²) in [7, 11) is 3.07. The van der Waals surface area contributed by atoms with Crippen LogP contribution in [0.1, 0.15) is 38.7 Å². The third-order valence-corrected chi connectivity index (χ3v) is 6.02. The Morgan fingerprint density at radius 1 is 0.897 bits per heavy atom. The second-order valence-electron chi connectivity index (χ2n) is 7.49. The van der Waals surface area contributed by atoms with E-state index in [1.807, 2.05) is 18.2 Å². The first-order valence-corrected chi connectivity index (χ1v) is 9.31. The first kappa shape index (κ1) is 17.6. The van der Waals surface area contributed by atoms with Crippen molar-refractivity contribution >= 4 is 11.4 Å². The summed E-state index contributed by atoms with van der Waals surface area (Å²) >= 11 is 0. The number of benzene rings is 2. The van der Waals surface area contributed by atoms with E-state index < -0.39 is 23.0 Å². The van der Waals surface area contributed by atoms with Crippen LogP contribution in [0.25, 0.3) is 5.57 Å². The van der Waals surface area contributed by atoms with Crippen molar-refractivity contribution < 1.29 is 9.18 Å². The molecule has 0 N–H and O–H groups in total. The molecule has 3 aromatic rings. The number of hydrogen-bond acceptors (Lipinski definition) is 3. The zero-order chi connectivity index (χ0) is 20.4. The van der Waals surface area contributed by atoms with E-state index in [1.165, 1.54) is 23.7 Å². The Labute approximate surface area is 165 Å². The zero-order valence-electron chi connectivity index (χ0n) is 15.9. The lowest BCUT2D eigenvalue weighted by Gasteiger charge is -2.29. The van der Waals surface area contributed by atoms with Crippen molar-refractivity contribution in [2.24, 2.45) is 14.1 Å². The maximum atomic E-state index is 13.6. The molecule has 0 fully saturated rings. The predicted octanol–water partition coefficient (Wildman–Crippen LogP) is 2.56. The average molecular weight is 388 g/mol. The molecule has 1 heterocycles. The van der Waals surface area contributed by atoms with Gasteiger partial charge in [-0.25, -0.2) is 9.18 Å². The maximum absolute atomic E-state index is 13.6. The van der Waals surface area contributed by atoms with Crippen LogP contribution >= 0.6 is 0 Å². The van der Waals surface area contributed by atoms with E-state index in [1.54, 1.807) is 25.2 Å². The molecule has 2 aromatic carbocycles. The van der Waals surface area contributed by atoms with Crippen LogP contribution in [0.4, 0.5) is 4.39 Å². The molecule has 1 aromatic heterocycles. The molecule has 1 unspecified atom stereocenters. The van der Waals surface area contributed by atoms with E-state index in [0.717, 1.165) is 15.7 Å². The van der Waals surface area contributed by atoms with E-state index in [0.29, 0.717) is 34.4 Å². The standard InChI is InChI=1S/C23H17FN2O3/c1-25-17-11-16-14-5-3-4-6-15(14)21(27)19(16)18(12-7-9-13(24)10-8-12)20(17)22(28)26(2)23(25)29/h3-10,18H,11H2,1-2H3. The summed E-state index contributed by atoms with van der Waals surface area (Å²) in [5.41, 5.74) is 3.61. The van der Waals surface area contributed by atoms with Gasteiger partial charge >= 0.3 is 5.69 Å². The Balaban J connectivity index is 1.89. The number of carbonyl (C=O) groups excluding carboxylic acids is 1. The highest BCUT2D eigenvalue weighted by Gasteiger charge is 2.42. The highest BCUT2D eigenvalue weighted by atomic mass is 19.1. The minimum atomic E-state index is -0.653. The Kier molecular flexibility index (Phi) is 3.62. The van der Waals surface area contributed by atoms with Gasteiger partial charge in [0, 0.05) is 48.8 Å². The van der Waals surface area contributed by atoms with Gasteiger partial charge in [-0.15, -0.1) is 0 Å². The largest absolute Gasteiger partial charge is 0.330 e. The third kappa shape index (κ3) is 2.29. The summed E-state index contributed by atoms with van der Waals surface area (Å²) in [5, 5.41) is 0. The summed E-state index contributed by atoms with van der Waals surface area (Å²) < 4.78 is 16.1. The van der Waals surface area contributed by atoms with Crippen molar-refractivity contribution in [3.05, 3.63) is 109 Å². The third-order valence-electron chi connectivity index (χ3n) is 6.02. The minimum absolute atomic E-state index is 0.119. The molecular formula is C23H17FN2O3. The number of ketones is 1. The lowest BCUT2D eigenvalue weighted by molar-refractivity contribution is 0.103. The van der Waals surface area contributed by atoms with Gasteiger partial charge < -0.3 is 0 Å². The van der Waals surface area contributed by atoms with Crippen molar-refractivity contribution in [2.75, 3.05) is 0 Å². The molecule has 5 rings (SSSR count). The number of allylic oxidation sites excluding steroid dienone is 2. The van der Waals surface area contributed by atoms with E-state index in [-0.39, 0.29) is 5.78 Å². The summed E-state index contributed by atoms with van der Waals surface area (Å²) in [5.74, 6) is -1.17. The average Bonchev–Trinajstić information content (AvgIpc) is 3.02. The maximum Gasteiger partial charge on any atom is 0.330 e. The van der Waals surface area contributed by atoms with Gasteiger partial charge in [-0.05, 0) is 28.8 Å². The second kappa shape index (κ2) is 5.98. The van der Waals surface area contributed by atoms with Crippen LogP contribution in [0, 0.1) is 5.82 Å².